The molecule has 0 aromatic carbocycles. The van der Waals surface area contributed by atoms with Gasteiger partial charge >= 0.3 is 0 Å². The van der Waals surface area contributed by atoms with Gasteiger partial charge in [0, 0.05) is 31.2 Å². The number of hydrogen-bond acceptors (Lipinski definition) is 2. The monoisotopic (exact) mass is 252 g/mol. The Morgan fingerprint density at radius 1 is 1.11 bits per heavy atom. The Morgan fingerprint density at radius 3 is 2.33 bits per heavy atom. The molecule has 2 rings (SSSR count). The maximum Gasteiger partial charge on any atom is 0.0247 e. The molecule has 1 aliphatic heterocycles. The number of nitrogens with one attached hydrogen (secondary N) is 1. The highest BCUT2D eigenvalue weighted by Crippen LogP contribution is 2.27. The van der Waals surface area contributed by atoms with E-state index in [9.17, 15) is 0 Å². The lowest BCUT2D eigenvalue weighted by molar-refractivity contribution is 0.0479. The normalized spacial score (nSPS) is 32.7. The summed E-state index contributed by atoms with van der Waals surface area (Å²) in [5, 5.41) is 3.74. The van der Waals surface area contributed by atoms with Gasteiger partial charge in [-0.3, -0.25) is 4.90 Å². The molecule has 18 heavy (non-hydrogen) atoms. The average Bonchev–Trinajstić information content (AvgIpc) is 2.66. The maximum absolute atomic E-state index is 3.74. The minimum Gasteiger partial charge on any atom is -0.311 e. The minimum atomic E-state index is 0.725. The first-order valence-electron chi connectivity index (χ1n) is 8.21. The standard InChI is InChI=1S/C16H32N2/c1-4-14-12-18(16(11-17-14)13(2)3)15-9-7-5-6-8-10-15/h13-17H,4-12H2,1-3H3. The summed E-state index contributed by atoms with van der Waals surface area (Å²) in [6.07, 6.45) is 10.00. The number of hydrogen-bond donors (Lipinski definition) is 1. The third kappa shape index (κ3) is 3.48. The van der Waals surface area contributed by atoms with Crippen LogP contribution in [0.1, 0.15) is 65.7 Å². The van der Waals surface area contributed by atoms with Gasteiger partial charge in [-0.25, -0.2) is 0 Å². The molecule has 0 spiro atoms. The molecular formula is C16H32N2. The second-order valence-corrected chi connectivity index (χ2v) is 6.67. The predicted molar refractivity (Wildman–Crippen MR) is 78.9 cm³/mol. The Hall–Kier alpha value is -0.0800. The topological polar surface area (TPSA) is 15.3 Å². The van der Waals surface area contributed by atoms with E-state index in [1.54, 1.807) is 0 Å². The molecule has 106 valence electrons. The van der Waals surface area contributed by atoms with Crippen LogP contribution < -0.4 is 5.32 Å². The Balaban J connectivity index is 2.02. The van der Waals surface area contributed by atoms with Crippen LogP contribution in [0.2, 0.25) is 0 Å². The van der Waals surface area contributed by atoms with Gasteiger partial charge in [-0.2, -0.15) is 0 Å². The molecule has 2 aliphatic rings. The van der Waals surface area contributed by atoms with Crippen molar-refractivity contribution in [1.29, 1.82) is 0 Å². The van der Waals surface area contributed by atoms with Crippen LogP contribution in [0.4, 0.5) is 0 Å². The summed E-state index contributed by atoms with van der Waals surface area (Å²) in [7, 11) is 0. The maximum atomic E-state index is 3.74. The van der Waals surface area contributed by atoms with E-state index in [2.05, 4.69) is 31.0 Å². The summed E-state index contributed by atoms with van der Waals surface area (Å²) in [4.78, 5) is 2.88. The average molecular weight is 252 g/mol. The zero-order chi connectivity index (χ0) is 13.0. The Kier molecular flexibility index (Phi) is 5.50. The molecule has 2 fully saturated rings. The Morgan fingerprint density at radius 2 is 1.78 bits per heavy atom. The van der Waals surface area contributed by atoms with Crippen LogP contribution in [-0.4, -0.2) is 36.1 Å². The SMILES string of the molecule is CCC1CN(C2CCCCCC2)C(C(C)C)CN1. The van der Waals surface area contributed by atoms with Gasteiger partial charge in [0.25, 0.3) is 0 Å². The van der Waals surface area contributed by atoms with Gasteiger partial charge in [-0.1, -0.05) is 46.5 Å². The van der Waals surface area contributed by atoms with E-state index in [0.717, 1.165) is 24.0 Å². The number of nitrogens with zero attached hydrogens (tertiary/aromatic N) is 1. The van der Waals surface area contributed by atoms with Crippen LogP contribution in [0.3, 0.4) is 0 Å². The minimum absolute atomic E-state index is 0.725. The highest BCUT2D eigenvalue weighted by atomic mass is 15.3. The summed E-state index contributed by atoms with van der Waals surface area (Å²) < 4.78 is 0. The fourth-order valence-electron chi connectivity index (χ4n) is 3.76. The van der Waals surface area contributed by atoms with Gasteiger partial charge in [0.2, 0.25) is 0 Å². The summed E-state index contributed by atoms with van der Waals surface area (Å²) in [6, 6.07) is 2.36. The third-order valence-corrected chi connectivity index (χ3v) is 5.03. The first kappa shape index (κ1) is 14.3. The summed E-state index contributed by atoms with van der Waals surface area (Å²) in [5.74, 6) is 0.776. The van der Waals surface area contributed by atoms with E-state index in [-0.39, 0.29) is 0 Å². The molecule has 0 radical (unpaired) electrons. The molecule has 1 saturated carbocycles. The predicted octanol–water partition coefficient (Wildman–Crippen LogP) is 3.42. The zero-order valence-corrected chi connectivity index (χ0v) is 12.6. The molecule has 0 aromatic heterocycles. The quantitative estimate of drug-likeness (QED) is 0.774. The lowest BCUT2D eigenvalue weighted by Crippen LogP contribution is -2.60. The third-order valence-electron chi connectivity index (χ3n) is 5.03. The molecular weight excluding hydrogens is 220 g/mol. The molecule has 1 N–H and O–H groups in total. The molecule has 1 saturated heterocycles. The van der Waals surface area contributed by atoms with Crippen LogP contribution in [0, 0.1) is 5.92 Å². The van der Waals surface area contributed by atoms with E-state index < -0.39 is 0 Å². The molecule has 0 aromatic rings. The zero-order valence-electron chi connectivity index (χ0n) is 12.6. The van der Waals surface area contributed by atoms with Gasteiger partial charge in [0.1, 0.15) is 0 Å². The first-order valence-corrected chi connectivity index (χ1v) is 8.21. The van der Waals surface area contributed by atoms with Gasteiger partial charge in [-0.05, 0) is 25.2 Å². The summed E-state index contributed by atoms with van der Waals surface area (Å²) in [5.41, 5.74) is 0. The number of rotatable bonds is 3. The molecule has 2 nitrogen and oxygen atoms in total. The summed E-state index contributed by atoms with van der Waals surface area (Å²) in [6.45, 7) is 9.58. The second kappa shape index (κ2) is 6.91. The van der Waals surface area contributed by atoms with Crippen molar-refractivity contribution in [3.63, 3.8) is 0 Å². The van der Waals surface area contributed by atoms with Crippen molar-refractivity contribution in [3.05, 3.63) is 0 Å². The van der Waals surface area contributed by atoms with Gasteiger partial charge in [-0.15, -0.1) is 0 Å². The highest BCUT2D eigenvalue weighted by molar-refractivity contribution is 4.91. The van der Waals surface area contributed by atoms with Crippen LogP contribution >= 0.6 is 0 Å². The largest absolute Gasteiger partial charge is 0.311 e. The fourth-order valence-corrected chi connectivity index (χ4v) is 3.76. The van der Waals surface area contributed by atoms with Gasteiger partial charge in [0.05, 0.1) is 0 Å². The van der Waals surface area contributed by atoms with Gasteiger partial charge in [0.15, 0.2) is 0 Å². The van der Waals surface area contributed by atoms with Crippen molar-refractivity contribution in [3.8, 4) is 0 Å². The summed E-state index contributed by atoms with van der Waals surface area (Å²) >= 11 is 0. The second-order valence-electron chi connectivity index (χ2n) is 6.67. The lowest BCUT2D eigenvalue weighted by atomic mass is 9.93. The van der Waals surface area contributed by atoms with Gasteiger partial charge < -0.3 is 5.32 Å². The van der Waals surface area contributed by atoms with Crippen LogP contribution in [0.15, 0.2) is 0 Å². The van der Waals surface area contributed by atoms with Crippen LogP contribution in [0.25, 0.3) is 0 Å². The van der Waals surface area contributed by atoms with Crippen molar-refractivity contribution >= 4 is 0 Å². The lowest BCUT2D eigenvalue weighted by Gasteiger charge is -2.46. The first-order chi connectivity index (χ1) is 8.72. The van der Waals surface area contributed by atoms with Crippen molar-refractivity contribution in [2.45, 2.75) is 83.8 Å². The molecule has 1 aliphatic carbocycles. The smallest absolute Gasteiger partial charge is 0.0247 e. The Bertz CT molecular complexity index is 231. The van der Waals surface area contributed by atoms with Crippen molar-refractivity contribution in [2.75, 3.05) is 13.1 Å². The number of piperazine rings is 1. The van der Waals surface area contributed by atoms with Crippen molar-refractivity contribution in [2.24, 2.45) is 5.92 Å². The van der Waals surface area contributed by atoms with Crippen LogP contribution in [-0.2, 0) is 0 Å². The fraction of sp³-hybridized carbons (Fsp3) is 1.00. The Labute approximate surface area is 114 Å². The van der Waals surface area contributed by atoms with E-state index in [0.29, 0.717) is 0 Å². The molecule has 2 heteroatoms. The highest BCUT2D eigenvalue weighted by Gasteiger charge is 2.33. The van der Waals surface area contributed by atoms with E-state index >= 15 is 0 Å². The molecule has 0 amide bonds. The molecule has 2 unspecified atom stereocenters. The van der Waals surface area contributed by atoms with E-state index in [1.807, 2.05) is 0 Å². The van der Waals surface area contributed by atoms with Crippen molar-refractivity contribution in [1.82, 2.24) is 10.2 Å². The van der Waals surface area contributed by atoms with E-state index in [1.165, 1.54) is 58.0 Å². The van der Waals surface area contributed by atoms with E-state index in [4.69, 9.17) is 0 Å². The van der Waals surface area contributed by atoms with Crippen molar-refractivity contribution < 1.29 is 0 Å². The molecule has 1 heterocycles. The molecule has 0 bridgehead atoms. The molecule has 2 atom stereocenters. The van der Waals surface area contributed by atoms with Crippen LogP contribution in [0.5, 0.6) is 0 Å².